The van der Waals surface area contributed by atoms with Crippen LogP contribution in [-0.2, 0) is 11.8 Å². The number of ether oxygens (including phenoxy) is 9. The lowest BCUT2D eigenvalue weighted by Crippen LogP contribution is -2.18. The van der Waals surface area contributed by atoms with Crippen LogP contribution in [0.1, 0.15) is 37.6 Å². The lowest BCUT2D eigenvalue weighted by molar-refractivity contribution is 0.170. The molecule has 0 aliphatic carbocycles. The fraction of sp³-hybridized carbons (Fsp3) is 0.429. The predicted octanol–water partition coefficient (Wildman–Crippen LogP) is 9.37. The van der Waals surface area contributed by atoms with Crippen LogP contribution in [0.4, 0.5) is 0 Å². The molecule has 9 nitrogen and oxygen atoms in total. The van der Waals surface area contributed by atoms with E-state index in [0.29, 0.717) is 52.9 Å². The van der Waals surface area contributed by atoms with Gasteiger partial charge in [-0.1, -0.05) is 20.8 Å². The zero-order chi connectivity index (χ0) is 32.9. The first-order chi connectivity index (χ1) is 24.0. The molecule has 49 heavy (non-hydrogen) atoms. The molecule has 5 aromatic rings. The number of aryl methyl sites for hydroxylation is 1. The third kappa shape index (κ3) is 4.77. The van der Waals surface area contributed by atoms with Gasteiger partial charge in [-0.3, -0.25) is 0 Å². The topological polar surface area (TPSA) is 83.1 Å². The SMILES string of the molecule is CC(C)(C)c1sc(-c2sc(-c3sc(-c4sc(-c5scc6c5OCCC6)c5c4OCCO5)c4c3OCCO4)c3c2OCCO3)c2c1OCCO2. The Morgan fingerprint density at radius 2 is 0.755 bits per heavy atom. The molecule has 0 radical (unpaired) electrons. The van der Waals surface area contributed by atoms with Crippen molar-refractivity contribution in [3.63, 3.8) is 0 Å². The minimum atomic E-state index is -0.114. The Morgan fingerprint density at radius 3 is 1.18 bits per heavy atom. The molecule has 256 valence electrons. The van der Waals surface area contributed by atoms with Crippen molar-refractivity contribution in [2.24, 2.45) is 0 Å². The number of rotatable bonds is 4. The summed E-state index contributed by atoms with van der Waals surface area (Å²) in [6.07, 6.45) is 2.06. The molecule has 0 aromatic carbocycles. The van der Waals surface area contributed by atoms with E-state index in [1.807, 2.05) is 0 Å². The van der Waals surface area contributed by atoms with Crippen molar-refractivity contribution >= 4 is 56.7 Å². The van der Waals surface area contributed by atoms with E-state index in [1.165, 1.54) is 5.56 Å². The van der Waals surface area contributed by atoms with E-state index in [4.69, 9.17) is 42.6 Å². The summed E-state index contributed by atoms with van der Waals surface area (Å²) in [5, 5.41) is 2.22. The van der Waals surface area contributed by atoms with E-state index in [0.717, 1.165) is 115 Å². The first-order valence-electron chi connectivity index (χ1n) is 16.4. The Kier molecular flexibility index (Phi) is 7.24. The van der Waals surface area contributed by atoms with Gasteiger partial charge in [0, 0.05) is 11.0 Å². The molecule has 0 unspecified atom stereocenters. The highest BCUT2D eigenvalue weighted by Crippen LogP contribution is 2.67. The number of hydrogen-bond acceptors (Lipinski definition) is 14. The van der Waals surface area contributed by atoms with Crippen molar-refractivity contribution < 1.29 is 42.6 Å². The minimum Gasteiger partial charge on any atom is -0.492 e. The molecule has 0 saturated carbocycles. The number of hydrogen-bond donors (Lipinski definition) is 0. The van der Waals surface area contributed by atoms with E-state index < -0.39 is 0 Å². The van der Waals surface area contributed by atoms with Crippen molar-refractivity contribution in [1.82, 2.24) is 0 Å². The molecule has 10 heterocycles. The maximum absolute atomic E-state index is 6.42. The number of fused-ring (bicyclic) bond motifs is 5. The monoisotopic (exact) mass is 756 g/mol. The van der Waals surface area contributed by atoms with Gasteiger partial charge in [-0.15, -0.1) is 56.7 Å². The van der Waals surface area contributed by atoms with Crippen LogP contribution < -0.4 is 42.6 Å². The molecule has 0 bridgehead atoms. The molecule has 0 spiro atoms. The van der Waals surface area contributed by atoms with Crippen molar-refractivity contribution in [3.8, 4) is 90.8 Å². The molecule has 0 fully saturated rings. The molecule has 5 aliphatic rings. The first-order valence-corrected chi connectivity index (χ1v) is 20.5. The Labute approximate surface area is 302 Å². The maximum atomic E-state index is 6.42. The summed E-state index contributed by atoms with van der Waals surface area (Å²) in [5.74, 6) is 7.03. The van der Waals surface area contributed by atoms with Crippen LogP contribution in [-0.4, -0.2) is 59.5 Å². The Morgan fingerprint density at radius 1 is 0.408 bits per heavy atom. The summed E-state index contributed by atoms with van der Waals surface area (Å²) >= 11 is 8.36. The largest absolute Gasteiger partial charge is 0.492 e. The van der Waals surface area contributed by atoms with Crippen LogP contribution >= 0.6 is 56.7 Å². The van der Waals surface area contributed by atoms with Gasteiger partial charge in [0.2, 0.25) is 0 Å². The maximum Gasteiger partial charge on any atom is 0.181 e. The van der Waals surface area contributed by atoms with Crippen LogP contribution in [0.5, 0.6) is 51.7 Å². The van der Waals surface area contributed by atoms with Crippen LogP contribution in [0.3, 0.4) is 0 Å². The summed E-state index contributed by atoms with van der Waals surface area (Å²) in [6, 6.07) is 0. The Hall–Kier alpha value is -3.30. The third-order valence-corrected chi connectivity index (χ3v) is 15.5. The smallest absolute Gasteiger partial charge is 0.181 e. The van der Waals surface area contributed by atoms with Gasteiger partial charge in [-0.05, 0) is 18.2 Å². The Balaban J connectivity index is 1.15. The lowest BCUT2D eigenvalue weighted by Gasteiger charge is -2.22. The summed E-state index contributed by atoms with van der Waals surface area (Å²) in [4.78, 5) is 9.07. The van der Waals surface area contributed by atoms with Gasteiger partial charge in [0.15, 0.2) is 46.0 Å². The van der Waals surface area contributed by atoms with Crippen molar-refractivity contribution in [2.45, 2.75) is 39.0 Å². The number of thiophene rings is 5. The van der Waals surface area contributed by atoms with E-state index in [9.17, 15) is 0 Å². The standard InChI is InChI=1S/C35H32O9S5/c1-35(2,3)34-25-24(43-13-14-44-25)33(49-34)32-23-22(41-11-12-42-23)31(48-32)30-21-20(39-9-10-40-21)29(47-30)28-19-18(37-7-8-38-19)27(46-28)26-17-16(15-45-26)5-4-6-36-17/h15H,4-14H2,1-3H3. The lowest BCUT2D eigenvalue weighted by atomic mass is 9.94. The van der Waals surface area contributed by atoms with Gasteiger partial charge < -0.3 is 42.6 Å². The Bertz CT molecular complexity index is 2100. The molecular weight excluding hydrogens is 725 g/mol. The highest BCUT2D eigenvalue weighted by Gasteiger charge is 2.39. The molecule has 0 amide bonds. The van der Waals surface area contributed by atoms with Crippen LogP contribution in [0.25, 0.3) is 39.0 Å². The van der Waals surface area contributed by atoms with Gasteiger partial charge in [-0.25, -0.2) is 0 Å². The fourth-order valence-corrected chi connectivity index (χ4v) is 13.0. The highest BCUT2D eigenvalue weighted by molar-refractivity contribution is 7.31. The normalized spacial score (nSPS) is 17.4. The average Bonchev–Trinajstić information content (AvgIpc) is 3.94. The molecule has 0 atom stereocenters. The van der Waals surface area contributed by atoms with Crippen molar-refractivity contribution in [3.05, 3.63) is 15.8 Å². The van der Waals surface area contributed by atoms with E-state index in [-0.39, 0.29) is 5.41 Å². The molecule has 0 N–H and O–H groups in total. The molecule has 5 aromatic heterocycles. The van der Waals surface area contributed by atoms with E-state index in [1.54, 1.807) is 56.7 Å². The first kappa shape index (κ1) is 30.5. The quantitative estimate of drug-likeness (QED) is 0.178. The average molecular weight is 757 g/mol. The van der Waals surface area contributed by atoms with E-state index >= 15 is 0 Å². The zero-order valence-corrected chi connectivity index (χ0v) is 31.2. The molecule has 5 aliphatic heterocycles. The van der Waals surface area contributed by atoms with Gasteiger partial charge in [0.1, 0.15) is 58.6 Å². The predicted molar refractivity (Wildman–Crippen MR) is 194 cm³/mol. The summed E-state index contributed by atoms with van der Waals surface area (Å²) < 4.78 is 57.0. The highest BCUT2D eigenvalue weighted by atomic mass is 32.1. The second-order valence-electron chi connectivity index (χ2n) is 13.1. The van der Waals surface area contributed by atoms with Crippen LogP contribution in [0.15, 0.2) is 5.38 Å². The van der Waals surface area contributed by atoms with Crippen LogP contribution in [0.2, 0.25) is 0 Å². The summed E-state index contributed by atoms with van der Waals surface area (Å²) in [6.45, 7) is 11.2. The summed E-state index contributed by atoms with van der Waals surface area (Å²) in [5.41, 5.74) is 1.15. The summed E-state index contributed by atoms with van der Waals surface area (Å²) in [7, 11) is 0. The fourth-order valence-electron chi connectivity index (χ4n) is 6.65. The van der Waals surface area contributed by atoms with E-state index in [2.05, 4.69) is 26.2 Å². The second-order valence-corrected chi connectivity index (χ2v) is 18.0. The molecular formula is C35H32O9S5. The molecule has 0 saturated heterocycles. The minimum absolute atomic E-state index is 0.114. The molecule has 10 rings (SSSR count). The third-order valence-electron chi connectivity index (χ3n) is 8.76. The zero-order valence-electron chi connectivity index (χ0n) is 27.1. The van der Waals surface area contributed by atoms with Gasteiger partial charge in [0.25, 0.3) is 0 Å². The van der Waals surface area contributed by atoms with Crippen LogP contribution in [0, 0.1) is 0 Å². The van der Waals surface area contributed by atoms with Crippen molar-refractivity contribution in [1.29, 1.82) is 0 Å². The van der Waals surface area contributed by atoms with Gasteiger partial charge in [-0.2, -0.15) is 0 Å². The molecule has 14 heteroatoms. The van der Waals surface area contributed by atoms with Crippen molar-refractivity contribution in [2.75, 3.05) is 59.5 Å². The van der Waals surface area contributed by atoms with Gasteiger partial charge in [0.05, 0.1) is 50.5 Å². The van der Waals surface area contributed by atoms with Gasteiger partial charge >= 0.3 is 0 Å². The second kappa shape index (κ2) is 11.6.